The molecule has 0 amide bonds. The number of carbonyl (C=O) groups is 1. The van der Waals surface area contributed by atoms with Crippen molar-refractivity contribution in [3.63, 3.8) is 0 Å². The first-order valence-electron chi connectivity index (χ1n) is 12.7. The number of rotatable bonds is 10. The van der Waals surface area contributed by atoms with Crippen LogP contribution in [-0.4, -0.2) is 34.3 Å². The van der Waals surface area contributed by atoms with E-state index in [-0.39, 0.29) is 13.2 Å². The minimum Gasteiger partial charge on any atom is -0.429 e. The van der Waals surface area contributed by atoms with Crippen LogP contribution in [0.4, 0.5) is 38.9 Å². The van der Waals surface area contributed by atoms with Gasteiger partial charge in [-0.2, -0.15) is 20.5 Å². The van der Waals surface area contributed by atoms with Gasteiger partial charge < -0.3 is 19.3 Å². The van der Waals surface area contributed by atoms with Crippen LogP contribution in [0, 0.1) is 0 Å². The van der Waals surface area contributed by atoms with Crippen molar-refractivity contribution in [2.75, 3.05) is 38.0 Å². The van der Waals surface area contributed by atoms with E-state index in [1.807, 2.05) is 135 Å². The zero-order valence-corrected chi connectivity index (χ0v) is 23.1. The van der Waals surface area contributed by atoms with Gasteiger partial charge in [-0.05, 0) is 83.9 Å². The SMILES string of the molecule is CN(C)c1ccc(N=Nc2ccc(COC(=O)OCc3ccc(N=Nc4ccc(N(C)C)cc4)cc3)cc2)cc1. The molecule has 0 heterocycles. The number of benzene rings is 4. The van der Waals surface area contributed by atoms with Crippen LogP contribution in [0.1, 0.15) is 11.1 Å². The van der Waals surface area contributed by atoms with Crippen molar-refractivity contribution in [2.45, 2.75) is 13.2 Å². The van der Waals surface area contributed by atoms with Crippen LogP contribution >= 0.6 is 0 Å². The maximum Gasteiger partial charge on any atom is 0.508 e. The molecular formula is C31H32N6O3. The molecule has 0 N–H and O–H groups in total. The lowest BCUT2D eigenvalue weighted by Gasteiger charge is -2.11. The van der Waals surface area contributed by atoms with Gasteiger partial charge in [0.2, 0.25) is 0 Å². The summed E-state index contributed by atoms with van der Waals surface area (Å²) in [5.41, 5.74) is 6.77. The van der Waals surface area contributed by atoms with Gasteiger partial charge in [0.15, 0.2) is 0 Å². The monoisotopic (exact) mass is 536 g/mol. The Morgan fingerprint density at radius 3 is 1.05 bits per heavy atom. The molecule has 0 unspecified atom stereocenters. The van der Waals surface area contributed by atoms with Crippen LogP contribution in [-0.2, 0) is 22.7 Å². The Bertz CT molecular complexity index is 1320. The average Bonchev–Trinajstić information content (AvgIpc) is 2.98. The zero-order valence-electron chi connectivity index (χ0n) is 23.1. The first kappa shape index (κ1) is 28.0. The molecule has 9 nitrogen and oxygen atoms in total. The standard InChI is InChI=1S/C31H32N6O3/c1-36(2)29-17-13-27(14-18-29)34-32-25-9-5-23(6-10-25)21-39-31(38)40-22-24-7-11-26(12-8-24)33-35-28-15-19-30(20-16-28)37(3)4/h5-20H,21-22H2,1-4H3. The molecule has 40 heavy (non-hydrogen) atoms. The van der Waals surface area contributed by atoms with E-state index in [0.29, 0.717) is 11.4 Å². The molecule has 4 aromatic carbocycles. The maximum absolute atomic E-state index is 12.1. The van der Waals surface area contributed by atoms with E-state index in [1.54, 1.807) is 0 Å². The number of hydrogen-bond donors (Lipinski definition) is 0. The topological polar surface area (TPSA) is 91.4 Å². The molecule has 0 bridgehead atoms. The summed E-state index contributed by atoms with van der Waals surface area (Å²) >= 11 is 0. The van der Waals surface area contributed by atoms with Crippen molar-refractivity contribution in [3.8, 4) is 0 Å². The summed E-state index contributed by atoms with van der Waals surface area (Å²) in [5.74, 6) is 0. The molecule has 0 spiro atoms. The predicted octanol–water partition coefficient (Wildman–Crippen LogP) is 8.50. The summed E-state index contributed by atoms with van der Waals surface area (Å²) in [4.78, 5) is 16.1. The van der Waals surface area contributed by atoms with Gasteiger partial charge >= 0.3 is 6.16 Å². The van der Waals surface area contributed by atoms with Crippen molar-refractivity contribution in [2.24, 2.45) is 20.5 Å². The number of hydrogen-bond acceptors (Lipinski definition) is 9. The fraction of sp³-hybridized carbons (Fsp3) is 0.194. The van der Waals surface area contributed by atoms with Crippen LogP contribution in [0.2, 0.25) is 0 Å². The fourth-order valence-electron chi connectivity index (χ4n) is 3.51. The molecule has 0 fully saturated rings. The molecule has 204 valence electrons. The van der Waals surface area contributed by atoms with Crippen LogP contribution < -0.4 is 9.80 Å². The molecule has 0 saturated carbocycles. The highest BCUT2D eigenvalue weighted by Gasteiger charge is 2.06. The largest absolute Gasteiger partial charge is 0.508 e. The number of anilines is 2. The third-order valence-electron chi connectivity index (χ3n) is 5.88. The molecule has 0 saturated heterocycles. The highest BCUT2D eigenvalue weighted by Crippen LogP contribution is 2.23. The second-order valence-corrected chi connectivity index (χ2v) is 9.38. The van der Waals surface area contributed by atoms with E-state index in [4.69, 9.17) is 9.47 Å². The summed E-state index contributed by atoms with van der Waals surface area (Å²) in [6.45, 7) is 0.189. The molecule has 0 aliphatic heterocycles. The Morgan fingerprint density at radius 1 is 0.500 bits per heavy atom. The molecule has 0 aliphatic rings. The average molecular weight is 537 g/mol. The minimum absolute atomic E-state index is 0.0943. The van der Waals surface area contributed by atoms with Crippen molar-refractivity contribution < 1.29 is 14.3 Å². The van der Waals surface area contributed by atoms with E-state index >= 15 is 0 Å². The third-order valence-corrected chi connectivity index (χ3v) is 5.88. The summed E-state index contributed by atoms with van der Waals surface area (Å²) in [7, 11) is 7.95. The quantitative estimate of drug-likeness (QED) is 0.150. The van der Waals surface area contributed by atoms with E-state index in [1.165, 1.54) is 0 Å². The minimum atomic E-state index is -0.741. The van der Waals surface area contributed by atoms with Gasteiger partial charge in [-0.25, -0.2) is 4.79 Å². The maximum atomic E-state index is 12.1. The summed E-state index contributed by atoms with van der Waals surface area (Å²) in [6, 6.07) is 30.2. The normalized spacial score (nSPS) is 11.1. The Labute approximate surface area is 234 Å². The first-order valence-corrected chi connectivity index (χ1v) is 12.7. The number of ether oxygens (including phenoxy) is 2. The summed E-state index contributed by atoms with van der Waals surface area (Å²) < 4.78 is 10.5. The van der Waals surface area contributed by atoms with Crippen molar-refractivity contribution in [3.05, 3.63) is 108 Å². The highest BCUT2D eigenvalue weighted by atomic mass is 16.7. The molecule has 4 aromatic rings. The summed E-state index contributed by atoms with van der Waals surface area (Å²) in [6.07, 6.45) is -0.741. The lowest BCUT2D eigenvalue weighted by molar-refractivity contribution is 0.0446. The summed E-state index contributed by atoms with van der Waals surface area (Å²) in [5, 5.41) is 17.0. The van der Waals surface area contributed by atoms with Crippen LogP contribution in [0.25, 0.3) is 0 Å². The first-order chi connectivity index (χ1) is 19.4. The number of nitrogens with zero attached hydrogens (tertiary/aromatic N) is 6. The number of azo groups is 2. The van der Waals surface area contributed by atoms with Gasteiger partial charge in [-0.1, -0.05) is 24.3 Å². The Hall–Kier alpha value is -5.05. The van der Waals surface area contributed by atoms with Gasteiger partial charge in [0, 0.05) is 39.6 Å². The fourth-order valence-corrected chi connectivity index (χ4v) is 3.51. The van der Waals surface area contributed by atoms with Gasteiger partial charge in [-0.3, -0.25) is 0 Å². The molecular weight excluding hydrogens is 504 g/mol. The molecule has 0 aliphatic carbocycles. The van der Waals surface area contributed by atoms with Crippen LogP contribution in [0.5, 0.6) is 0 Å². The van der Waals surface area contributed by atoms with E-state index in [2.05, 4.69) is 20.5 Å². The lowest BCUT2D eigenvalue weighted by atomic mass is 10.2. The smallest absolute Gasteiger partial charge is 0.429 e. The second kappa shape index (κ2) is 13.7. The van der Waals surface area contributed by atoms with Gasteiger partial charge in [-0.15, -0.1) is 0 Å². The Kier molecular flexibility index (Phi) is 9.55. The van der Waals surface area contributed by atoms with Crippen molar-refractivity contribution in [1.29, 1.82) is 0 Å². The second-order valence-electron chi connectivity index (χ2n) is 9.38. The molecule has 0 aromatic heterocycles. The van der Waals surface area contributed by atoms with E-state index in [9.17, 15) is 4.79 Å². The lowest BCUT2D eigenvalue weighted by Crippen LogP contribution is -2.07. The van der Waals surface area contributed by atoms with Crippen LogP contribution in [0.15, 0.2) is 118 Å². The van der Waals surface area contributed by atoms with E-state index < -0.39 is 6.16 Å². The van der Waals surface area contributed by atoms with Gasteiger partial charge in [0.1, 0.15) is 13.2 Å². The predicted molar refractivity (Wildman–Crippen MR) is 158 cm³/mol. The molecule has 0 atom stereocenters. The van der Waals surface area contributed by atoms with Gasteiger partial charge in [0.05, 0.1) is 22.7 Å². The molecule has 9 heteroatoms. The highest BCUT2D eigenvalue weighted by molar-refractivity contribution is 5.60. The van der Waals surface area contributed by atoms with E-state index in [0.717, 1.165) is 33.9 Å². The van der Waals surface area contributed by atoms with Crippen molar-refractivity contribution in [1.82, 2.24) is 0 Å². The Morgan fingerprint density at radius 2 is 0.775 bits per heavy atom. The van der Waals surface area contributed by atoms with Crippen molar-refractivity contribution >= 4 is 40.3 Å². The molecule has 4 rings (SSSR count). The number of carbonyl (C=O) groups excluding carboxylic acids is 1. The van der Waals surface area contributed by atoms with Gasteiger partial charge in [0.25, 0.3) is 0 Å². The third kappa shape index (κ3) is 8.49. The van der Waals surface area contributed by atoms with Crippen LogP contribution in [0.3, 0.4) is 0 Å². The molecule has 0 radical (unpaired) electrons. The Balaban J connectivity index is 1.19. The zero-order chi connectivity index (χ0) is 28.3.